The molecule has 1 aliphatic heterocycles. The number of nitrogens with one attached hydrogen (secondary N) is 1. The van der Waals surface area contributed by atoms with Crippen molar-refractivity contribution in [1.82, 2.24) is 15.3 Å². The molecule has 1 aromatic heterocycles. The monoisotopic (exact) mass is 246 g/mol. The van der Waals surface area contributed by atoms with Crippen molar-refractivity contribution in [2.24, 2.45) is 0 Å². The number of fused-ring (bicyclic) bond motifs is 1. The number of aromatic nitrogens is 2. The van der Waals surface area contributed by atoms with Gasteiger partial charge in [0.25, 0.3) is 0 Å². The number of hydrogen-bond acceptors (Lipinski definition) is 4. The molecule has 1 aliphatic carbocycles. The molecule has 1 unspecified atom stereocenters. The van der Waals surface area contributed by atoms with E-state index >= 15 is 0 Å². The van der Waals surface area contributed by atoms with Gasteiger partial charge in [-0.25, -0.2) is 9.97 Å². The topological polar surface area (TPSA) is 41.0 Å². The molecule has 4 nitrogen and oxygen atoms in total. The number of hydrogen-bond donors (Lipinski definition) is 1. The van der Waals surface area contributed by atoms with Crippen LogP contribution < -0.4 is 10.2 Å². The van der Waals surface area contributed by atoms with Crippen molar-refractivity contribution in [3.8, 4) is 0 Å². The number of piperazine rings is 1. The maximum Gasteiger partial charge on any atom is 0.135 e. The number of rotatable bonds is 1. The van der Waals surface area contributed by atoms with Crippen molar-refractivity contribution < 1.29 is 0 Å². The molecule has 2 heterocycles. The van der Waals surface area contributed by atoms with Crippen LogP contribution in [0.25, 0.3) is 0 Å². The Morgan fingerprint density at radius 1 is 1.22 bits per heavy atom. The summed E-state index contributed by atoms with van der Waals surface area (Å²) in [4.78, 5) is 11.6. The lowest BCUT2D eigenvalue weighted by atomic mass is 10.1. The van der Waals surface area contributed by atoms with Crippen LogP contribution in [0.15, 0.2) is 6.33 Å². The molecule has 0 aromatic carbocycles. The van der Waals surface area contributed by atoms with Gasteiger partial charge >= 0.3 is 0 Å². The molecule has 1 saturated heterocycles. The van der Waals surface area contributed by atoms with Crippen LogP contribution in [0.1, 0.15) is 37.4 Å². The van der Waals surface area contributed by atoms with E-state index in [0.29, 0.717) is 6.04 Å². The Bertz CT molecular complexity index is 418. The smallest absolute Gasteiger partial charge is 0.135 e. The first-order valence-electron chi connectivity index (χ1n) is 7.16. The van der Waals surface area contributed by atoms with Crippen molar-refractivity contribution in [1.29, 1.82) is 0 Å². The summed E-state index contributed by atoms with van der Waals surface area (Å²) >= 11 is 0. The Kier molecular flexibility index (Phi) is 3.46. The standard InChI is InChI=1S/C14H22N4/c1-11-9-15-7-8-18(11)14-12-5-3-2-4-6-13(12)16-10-17-14/h10-11,15H,2-9H2,1H3. The second kappa shape index (κ2) is 5.22. The average molecular weight is 246 g/mol. The summed E-state index contributed by atoms with van der Waals surface area (Å²) in [6.07, 6.45) is 7.93. The van der Waals surface area contributed by atoms with Gasteiger partial charge in [0.05, 0.1) is 0 Å². The summed E-state index contributed by atoms with van der Waals surface area (Å²) in [6, 6.07) is 0.529. The summed E-state index contributed by atoms with van der Waals surface area (Å²) in [5.41, 5.74) is 2.71. The average Bonchev–Trinajstić information content (AvgIpc) is 2.64. The first kappa shape index (κ1) is 11.9. The molecule has 18 heavy (non-hydrogen) atoms. The maximum atomic E-state index is 4.59. The minimum Gasteiger partial charge on any atom is -0.351 e. The Hall–Kier alpha value is -1.16. The van der Waals surface area contributed by atoms with E-state index in [-0.39, 0.29) is 0 Å². The molecule has 1 atom stereocenters. The van der Waals surface area contributed by atoms with E-state index in [1.165, 1.54) is 36.3 Å². The van der Waals surface area contributed by atoms with Crippen molar-refractivity contribution in [2.45, 2.75) is 45.1 Å². The normalized spacial score (nSPS) is 24.5. The van der Waals surface area contributed by atoms with Gasteiger partial charge < -0.3 is 10.2 Å². The first-order valence-corrected chi connectivity index (χ1v) is 7.16. The summed E-state index contributed by atoms with van der Waals surface area (Å²) in [5.74, 6) is 1.20. The van der Waals surface area contributed by atoms with Crippen LogP contribution in [-0.4, -0.2) is 35.6 Å². The lowest BCUT2D eigenvalue weighted by Crippen LogP contribution is -2.50. The second-order valence-corrected chi connectivity index (χ2v) is 5.43. The lowest BCUT2D eigenvalue weighted by molar-refractivity contribution is 0.495. The largest absolute Gasteiger partial charge is 0.351 e. The number of aryl methyl sites for hydroxylation is 1. The lowest BCUT2D eigenvalue weighted by Gasteiger charge is -2.36. The van der Waals surface area contributed by atoms with Gasteiger partial charge in [0, 0.05) is 36.9 Å². The highest BCUT2D eigenvalue weighted by Gasteiger charge is 2.24. The van der Waals surface area contributed by atoms with E-state index < -0.39 is 0 Å². The first-order chi connectivity index (χ1) is 8.86. The van der Waals surface area contributed by atoms with Crippen LogP contribution in [-0.2, 0) is 12.8 Å². The minimum atomic E-state index is 0.529. The van der Waals surface area contributed by atoms with E-state index in [2.05, 4.69) is 27.1 Å². The fraction of sp³-hybridized carbons (Fsp3) is 0.714. The second-order valence-electron chi connectivity index (χ2n) is 5.43. The molecule has 1 aromatic rings. The molecule has 0 radical (unpaired) electrons. The molecular formula is C14H22N4. The van der Waals surface area contributed by atoms with Gasteiger partial charge in [0.1, 0.15) is 12.1 Å². The Morgan fingerprint density at radius 2 is 2.11 bits per heavy atom. The molecule has 98 valence electrons. The Balaban J connectivity index is 1.95. The summed E-state index contributed by atoms with van der Waals surface area (Å²) in [7, 11) is 0. The highest BCUT2D eigenvalue weighted by atomic mass is 15.3. The summed E-state index contributed by atoms with van der Waals surface area (Å²) in [6.45, 7) is 5.45. The third kappa shape index (κ3) is 2.21. The van der Waals surface area contributed by atoms with E-state index in [0.717, 1.165) is 32.5 Å². The van der Waals surface area contributed by atoms with Crippen molar-refractivity contribution >= 4 is 5.82 Å². The van der Waals surface area contributed by atoms with Crippen LogP contribution in [0.3, 0.4) is 0 Å². The van der Waals surface area contributed by atoms with Crippen LogP contribution in [0.4, 0.5) is 5.82 Å². The molecule has 2 aliphatic rings. The highest BCUT2D eigenvalue weighted by Crippen LogP contribution is 2.27. The zero-order valence-electron chi connectivity index (χ0n) is 11.2. The summed E-state index contributed by atoms with van der Waals surface area (Å²) in [5, 5.41) is 3.44. The quantitative estimate of drug-likeness (QED) is 0.763. The van der Waals surface area contributed by atoms with Gasteiger partial charge in [-0.3, -0.25) is 0 Å². The van der Waals surface area contributed by atoms with E-state index in [1.54, 1.807) is 6.33 Å². The van der Waals surface area contributed by atoms with Gasteiger partial charge in [-0.2, -0.15) is 0 Å². The highest BCUT2D eigenvalue weighted by molar-refractivity contribution is 5.50. The zero-order chi connectivity index (χ0) is 12.4. The van der Waals surface area contributed by atoms with Crippen LogP contribution in [0.2, 0.25) is 0 Å². The van der Waals surface area contributed by atoms with Gasteiger partial charge in [-0.1, -0.05) is 6.42 Å². The molecule has 4 heteroatoms. The van der Waals surface area contributed by atoms with E-state index in [1.807, 2.05) is 0 Å². The van der Waals surface area contributed by atoms with Crippen LogP contribution in [0, 0.1) is 0 Å². The van der Waals surface area contributed by atoms with Crippen molar-refractivity contribution in [3.05, 3.63) is 17.6 Å². The number of nitrogens with zero attached hydrogens (tertiary/aromatic N) is 3. The molecular weight excluding hydrogens is 224 g/mol. The molecule has 0 spiro atoms. The van der Waals surface area contributed by atoms with E-state index in [4.69, 9.17) is 0 Å². The van der Waals surface area contributed by atoms with Crippen LogP contribution >= 0.6 is 0 Å². The third-order valence-corrected chi connectivity index (χ3v) is 4.13. The third-order valence-electron chi connectivity index (χ3n) is 4.13. The Labute approximate surface area is 109 Å². The van der Waals surface area contributed by atoms with Crippen LogP contribution in [0.5, 0.6) is 0 Å². The SMILES string of the molecule is CC1CNCCN1c1ncnc2c1CCCCC2. The predicted octanol–water partition coefficient (Wildman–Crippen LogP) is 1.54. The van der Waals surface area contributed by atoms with Crippen molar-refractivity contribution in [3.63, 3.8) is 0 Å². The van der Waals surface area contributed by atoms with E-state index in [9.17, 15) is 0 Å². The molecule has 1 N–H and O–H groups in total. The zero-order valence-corrected chi connectivity index (χ0v) is 11.2. The number of anilines is 1. The van der Waals surface area contributed by atoms with Gasteiger partial charge in [0.2, 0.25) is 0 Å². The predicted molar refractivity (Wildman–Crippen MR) is 73.0 cm³/mol. The van der Waals surface area contributed by atoms with Crippen molar-refractivity contribution in [2.75, 3.05) is 24.5 Å². The molecule has 0 saturated carbocycles. The minimum absolute atomic E-state index is 0.529. The molecule has 0 amide bonds. The fourth-order valence-corrected chi connectivity index (χ4v) is 3.08. The van der Waals surface area contributed by atoms with Gasteiger partial charge in [-0.05, 0) is 32.6 Å². The van der Waals surface area contributed by atoms with Gasteiger partial charge in [-0.15, -0.1) is 0 Å². The fourth-order valence-electron chi connectivity index (χ4n) is 3.08. The molecule has 3 rings (SSSR count). The Morgan fingerprint density at radius 3 is 3.00 bits per heavy atom. The molecule has 0 bridgehead atoms. The van der Waals surface area contributed by atoms with Gasteiger partial charge in [0.15, 0.2) is 0 Å². The summed E-state index contributed by atoms with van der Waals surface area (Å²) < 4.78 is 0. The maximum absolute atomic E-state index is 4.59. The molecule has 1 fully saturated rings.